The first-order valence-electron chi connectivity index (χ1n) is 10.6. The second kappa shape index (κ2) is 11.9. The Morgan fingerprint density at radius 1 is 1.15 bits per heavy atom. The van der Waals surface area contributed by atoms with E-state index in [1.54, 1.807) is 12.1 Å². The van der Waals surface area contributed by atoms with E-state index in [-0.39, 0.29) is 5.57 Å². The maximum atomic E-state index is 12.8. The number of amides is 1. The van der Waals surface area contributed by atoms with Crippen LogP contribution in [0, 0.1) is 28.7 Å². The molecule has 0 aromatic heterocycles. The molecule has 3 rings (SSSR count). The summed E-state index contributed by atoms with van der Waals surface area (Å²) in [6, 6.07) is 18.7. The van der Waals surface area contributed by atoms with Gasteiger partial charge in [-0.05, 0) is 102 Å². The normalized spacial score (nSPS) is 11.0. The maximum absolute atomic E-state index is 12.8. The lowest BCUT2D eigenvalue weighted by atomic mass is 10.1. The van der Waals surface area contributed by atoms with Crippen molar-refractivity contribution in [3.05, 3.63) is 91.0 Å². The summed E-state index contributed by atoms with van der Waals surface area (Å²) in [5, 5.41) is 13.1. The number of ether oxygens (including phenoxy) is 2. The highest BCUT2D eigenvalue weighted by Crippen LogP contribution is 2.35. The Hall–Kier alpha value is -3.02. The fourth-order valence-corrected chi connectivity index (χ4v) is 4.11. The molecule has 1 amide bonds. The topological polar surface area (TPSA) is 71.3 Å². The van der Waals surface area contributed by atoms with Crippen molar-refractivity contribution in [1.29, 1.82) is 5.26 Å². The molecule has 174 valence electrons. The number of anilines is 1. The fourth-order valence-electron chi connectivity index (χ4n) is 3.20. The number of nitriles is 1. The second-order valence-corrected chi connectivity index (χ2v) is 9.15. The Labute approximate surface area is 218 Å². The molecule has 0 spiro atoms. The molecule has 0 radical (unpaired) electrons. The van der Waals surface area contributed by atoms with E-state index in [1.165, 1.54) is 0 Å². The van der Waals surface area contributed by atoms with E-state index < -0.39 is 5.91 Å². The van der Waals surface area contributed by atoms with Crippen molar-refractivity contribution in [2.45, 2.75) is 27.4 Å². The van der Waals surface area contributed by atoms with Gasteiger partial charge in [-0.3, -0.25) is 4.79 Å². The molecule has 34 heavy (non-hydrogen) atoms. The van der Waals surface area contributed by atoms with Gasteiger partial charge in [-0.1, -0.05) is 35.9 Å². The van der Waals surface area contributed by atoms with Gasteiger partial charge in [-0.15, -0.1) is 0 Å². The molecule has 0 aliphatic carbocycles. The SMILES string of the molecule is CCOc1cc(/C=C(/C#N)C(=O)Nc2cccc(C)c2C)cc(I)c1OCc1ccc(Cl)cc1. The van der Waals surface area contributed by atoms with Gasteiger partial charge in [0.05, 0.1) is 10.2 Å². The van der Waals surface area contributed by atoms with Gasteiger partial charge in [0, 0.05) is 10.7 Å². The van der Waals surface area contributed by atoms with Crippen molar-refractivity contribution >= 4 is 51.9 Å². The third-order valence-corrected chi connectivity index (χ3v) is 6.21. The molecule has 0 fully saturated rings. The van der Waals surface area contributed by atoms with E-state index in [0.717, 1.165) is 20.3 Å². The molecule has 0 heterocycles. The van der Waals surface area contributed by atoms with Crippen molar-refractivity contribution < 1.29 is 14.3 Å². The summed E-state index contributed by atoms with van der Waals surface area (Å²) in [5.74, 6) is 0.682. The van der Waals surface area contributed by atoms with Gasteiger partial charge in [0.1, 0.15) is 18.2 Å². The van der Waals surface area contributed by atoms with Crippen molar-refractivity contribution in [3.63, 3.8) is 0 Å². The van der Waals surface area contributed by atoms with Crippen LogP contribution in [0.25, 0.3) is 6.08 Å². The number of benzene rings is 3. The number of halogens is 2. The highest BCUT2D eigenvalue weighted by molar-refractivity contribution is 14.1. The lowest BCUT2D eigenvalue weighted by Crippen LogP contribution is -2.14. The van der Waals surface area contributed by atoms with Crippen LogP contribution in [0.3, 0.4) is 0 Å². The van der Waals surface area contributed by atoms with Crippen molar-refractivity contribution in [2.75, 3.05) is 11.9 Å². The predicted octanol–water partition coefficient (Wildman–Crippen LogP) is 7.08. The number of hydrogen-bond acceptors (Lipinski definition) is 4. The zero-order valence-electron chi connectivity index (χ0n) is 19.1. The lowest BCUT2D eigenvalue weighted by molar-refractivity contribution is -0.112. The minimum absolute atomic E-state index is 0.00557. The summed E-state index contributed by atoms with van der Waals surface area (Å²) in [7, 11) is 0. The summed E-state index contributed by atoms with van der Waals surface area (Å²) < 4.78 is 12.6. The highest BCUT2D eigenvalue weighted by atomic mass is 127. The molecular formula is C27H24ClIN2O3. The molecule has 0 unspecified atom stereocenters. The van der Waals surface area contributed by atoms with Crippen molar-refractivity contribution in [1.82, 2.24) is 0 Å². The number of nitrogens with zero attached hydrogens (tertiary/aromatic N) is 1. The van der Waals surface area contributed by atoms with Gasteiger partial charge in [-0.2, -0.15) is 5.26 Å². The molecule has 0 aliphatic rings. The first-order valence-corrected chi connectivity index (χ1v) is 12.1. The largest absolute Gasteiger partial charge is 0.490 e. The number of aryl methyl sites for hydroxylation is 1. The average Bonchev–Trinajstić information content (AvgIpc) is 2.81. The molecule has 0 saturated heterocycles. The van der Waals surface area contributed by atoms with Crippen LogP contribution in [-0.2, 0) is 11.4 Å². The van der Waals surface area contributed by atoms with Crippen LogP contribution in [0.15, 0.2) is 60.2 Å². The van der Waals surface area contributed by atoms with Gasteiger partial charge < -0.3 is 14.8 Å². The van der Waals surface area contributed by atoms with Crippen LogP contribution < -0.4 is 14.8 Å². The third kappa shape index (κ3) is 6.52. The molecule has 0 bridgehead atoms. The predicted molar refractivity (Wildman–Crippen MR) is 144 cm³/mol. The Bertz CT molecular complexity index is 1260. The molecule has 3 aromatic carbocycles. The Kier molecular flexibility index (Phi) is 8.97. The molecule has 1 N–H and O–H groups in total. The van der Waals surface area contributed by atoms with E-state index in [9.17, 15) is 10.1 Å². The highest BCUT2D eigenvalue weighted by Gasteiger charge is 2.15. The second-order valence-electron chi connectivity index (χ2n) is 7.55. The van der Waals surface area contributed by atoms with Gasteiger partial charge >= 0.3 is 0 Å². The lowest BCUT2D eigenvalue weighted by Gasteiger charge is -2.15. The molecule has 5 nitrogen and oxygen atoms in total. The van der Waals surface area contributed by atoms with E-state index >= 15 is 0 Å². The van der Waals surface area contributed by atoms with Crippen molar-refractivity contribution in [2.24, 2.45) is 0 Å². The minimum Gasteiger partial charge on any atom is -0.490 e. The van der Waals surface area contributed by atoms with Crippen LogP contribution in [0.1, 0.15) is 29.2 Å². The van der Waals surface area contributed by atoms with E-state index in [4.69, 9.17) is 21.1 Å². The molecule has 7 heteroatoms. The van der Waals surface area contributed by atoms with Gasteiger partial charge in [0.15, 0.2) is 11.5 Å². The number of carbonyl (C=O) groups excluding carboxylic acids is 1. The summed E-state index contributed by atoms with van der Waals surface area (Å²) in [4.78, 5) is 12.8. The van der Waals surface area contributed by atoms with Crippen LogP contribution in [0.2, 0.25) is 5.02 Å². The number of nitrogens with one attached hydrogen (secondary N) is 1. The van der Waals surface area contributed by atoms with E-state index in [0.29, 0.717) is 41.0 Å². The van der Waals surface area contributed by atoms with E-state index in [2.05, 4.69) is 27.9 Å². The zero-order chi connectivity index (χ0) is 24.7. The minimum atomic E-state index is -0.466. The molecule has 0 saturated carbocycles. The van der Waals surface area contributed by atoms with Gasteiger partial charge in [-0.25, -0.2) is 0 Å². The molecule has 3 aromatic rings. The first-order chi connectivity index (χ1) is 16.3. The Morgan fingerprint density at radius 2 is 1.88 bits per heavy atom. The van der Waals surface area contributed by atoms with Crippen LogP contribution in [0.4, 0.5) is 5.69 Å². The number of hydrogen-bond donors (Lipinski definition) is 1. The van der Waals surface area contributed by atoms with Gasteiger partial charge in [0.2, 0.25) is 0 Å². The number of rotatable bonds is 8. The molecular weight excluding hydrogens is 563 g/mol. The molecule has 0 atom stereocenters. The van der Waals surface area contributed by atoms with Crippen LogP contribution in [0.5, 0.6) is 11.5 Å². The van der Waals surface area contributed by atoms with E-state index in [1.807, 2.05) is 75.4 Å². The maximum Gasteiger partial charge on any atom is 0.266 e. The Balaban J connectivity index is 1.86. The first kappa shape index (κ1) is 25.6. The average molecular weight is 587 g/mol. The Morgan fingerprint density at radius 3 is 2.56 bits per heavy atom. The van der Waals surface area contributed by atoms with Gasteiger partial charge in [0.25, 0.3) is 5.91 Å². The molecule has 0 aliphatic heterocycles. The third-order valence-electron chi connectivity index (χ3n) is 5.16. The summed E-state index contributed by atoms with van der Waals surface area (Å²) in [6.45, 7) is 6.58. The summed E-state index contributed by atoms with van der Waals surface area (Å²) in [6.07, 6.45) is 1.55. The zero-order valence-corrected chi connectivity index (χ0v) is 22.0. The number of carbonyl (C=O) groups is 1. The summed E-state index contributed by atoms with van der Waals surface area (Å²) >= 11 is 8.12. The smallest absolute Gasteiger partial charge is 0.266 e. The standard InChI is InChI=1S/C27H24ClIN2O3/c1-4-33-25-14-20(13-23(29)26(25)34-16-19-8-10-22(28)11-9-19)12-21(15-30)27(32)31-24-7-5-6-17(2)18(24)3/h5-14H,4,16H2,1-3H3,(H,31,32)/b21-12-. The van der Waals surface area contributed by atoms with Crippen molar-refractivity contribution in [3.8, 4) is 17.6 Å². The van der Waals surface area contributed by atoms with Crippen LogP contribution in [-0.4, -0.2) is 12.5 Å². The van der Waals surface area contributed by atoms with Crippen LogP contribution >= 0.6 is 34.2 Å². The fraction of sp³-hybridized carbons (Fsp3) is 0.185. The summed E-state index contributed by atoms with van der Waals surface area (Å²) in [5.41, 5.74) is 4.34. The quantitative estimate of drug-likeness (QED) is 0.174. The monoisotopic (exact) mass is 586 g/mol.